The SMILES string of the molecule is BOC1(O)N(C)CCN1C. The Morgan fingerprint density at radius 1 is 1.40 bits per heavy atom. The zero-order valence-electron chi connectivity index (χ0n) is 6.66. The highest BCUT2D eigenvalue weighted by molar-refractivity contribution is 5.98. The number of likely N-dealkylation sites (N-methyl/N-ethyl adjacent to an activating group) is 2. The first-order valence-electron chi connectivity index (χ1n) is 3.31. The molecule has 4 nitrogen and oxygen atoms in total. The largest absolute Gasteiger partial charge is 0.394 e. The lowest BCUT2D eigenvalue weighted by Crippen LogP contribution is -2.52. The van der Waals surface area contributed by atoms with Crippen LogP contribution in [0.4, 0.5) is 0 Å². The molecule has 0 saturated carbocycles. The molecular formula is C5H13BN2O2. The normalized spacial score (nSPS) is 27.5. The van der Waals surface area contributed by atoms with Crippen LogP contribution in [-0.4, -0.2) is 56.2 Å². The van der Waals surface area contributed by atoms with E-state index in [2.05, 4.69) is 0 Å². The number of aliphatic hydroxyl groups is 1. The molecule has 10 heavy (non-hydrogen) atoms. The maximum atomic E-state index is 9.67. The molecule has 0 atom stereocenters. The van der Waals surface area contributed by atoms with Crippen LogP contribution < -0.4 is 0 Å². The minimum atomic E-state index is -1.18. The molecule has 0 aromatic carbocycles. The number of hydrogen-bond donors (Lipinski definition) is 1. The van der Waals surface area contributed by atoms with E-state index in [0.717, 1.165) is 13.1 Å². The van der Waals surface area contributed by atoms with Gasteiger partial charge in [-0.25, -0.2) is 9.80 Å². The third-order valence-corrected chi connectivity index (χ3v) is 2.04. The molecule has 0 aromatic heterocycles. The first kappa shape index (κ1) is 8.01. The maximum Gasteiger partial charge on any atom is 0.279 e. The van der Waals surface area contributed by atoms with Crippen molar-refractivity contribution in [2.75, 3.05) is 27.2 Å². The smallest absolute Gasteiger partial charge is 0.279 e. The summed E-state index contributed by atoms with van der Waals surface area (Å²) in [6.07, 6.45) is 0. The van der Waals surface area contributed by atoms with E-state index in [1.807, 2.05) is 14.1 Å². The molecule has 0 bridgehead atoms. The van der Waals surface area contributed by atoms with E-state index in [9.17, 15) is 5.11 Å². The summed E-state index contributed by atoms with van der Waals surface area (Å²) < 4.78 is 4.93. The Labute approximate surface area is 61.8 Å². The van der Waals surface area contributed by atoms with Crippen LogP contribution in [-0.2, 0) is 4.65 Å². The van der Waals surface area contributed by atoms with Crippen LogP contribution in [0.5, 0.6) is 0 Å². The Hall–Kier alpha value is -0.0951. The number of rotatable bonds is 1. The fourth-order valence-electron chi connectivity index (χ4n) is 1.19. The van der Waals surface area contributed by atoms with E-state index in [1.165, 1.54) is 8.05 Å². The van der Waals surface area contributed by atoms with Gasteiger partial charge in [0.15, 0.2) is 0 Å². The van der Waals surface area contributed by atoms with Gasteiger partial charge in [-0.1, -0.05) is 0 Å². The number of hydrogen-bond acceptors (Lipinski definition) is 4. The molecule has 0 aliphatic carbocycles. The molecule has 1 N–H and O–H groups in total. The average molecular weight is 144 g/mol. The molecule has 0 amide bonds. The summed E-state index contributed by atoms with van der Waals surface area (Å²) in [5.41, 5.74) is 0. The minimum absolute atomic E-state index is 0.834. The molecule has 0 aromatic rings. The van der Waals surface area contributed by atoms with Gasteiger partial charge < -0.3 is 9.76 Å². The Kier molecular flexibility index (Phi) is 2.01. The van der Waals surface area contributed by atoms with Crippen LogP contribution in [0.1, 0.15) is 0 Å². The van der Waals surface area contributed by atoms with Crippen molar-refractivity contribution in [1.82, 2.24) is 9.80 Å². The zero-order valence-corrected chi connectivity index (χ0v) is 6.66. The number of nitrogens with zero attached hydrogens (tertiary/aromatic N) is 2. The van der Waals surface area contributed by atoms with E-state index >= 15 is 0 Å². The fraction of sp³-hybridized carbons (Fsp3) is 1.00. The molecule has 1 saturated heterocycles. The lowest BCUT2D eigenvalue weighted by Gasteiger charge is -2.33. The second-order valence-corrected chi connectivity index (χ2v) is 2.62. The van der Waals surface area contributed by atoms with Crippen LogP contribution in [0.3, 0.4) is 0 Å². The molecule has 1 fully saturated rings. The average Bonchev–Trinajstić information content (AvgIpc) is 2.18. The van der Waals surface area contributed by atoms with Crippen LogP contribution in [0.25, 0.3) is 0 Å². The van der Waals surface area contributed by atoms with Gasteiger partial charge in [0.2, 0.25) is 0 Å². The van der Waals surface area contributed by atoms with Crippen LogP contribution in [0.15, 0.2) is 0 Å². The van der Waals surface area contributed by atoms with Gasteiger partial charge in [-0.2, -0.15) is 0 Å². The summed E-state index contributed by atoms with van der Waals surface area (Å²) in [7, 11) is 5.15. The van der Waals surface area contributed by atoms with E-state index in [-0.39, 0.29) is 0 Å². The lowest BCUT2D eigenvalue weighted by atomic mass is 10.5. The molecule has 0 spiro atoms. The van der Waals surface area contributed by atoms with Gasteiger partial charge in [0.1, 0.15) is 0 Å². The van der Waals surface area contributed by atoms with Crippen LogP contribution >= 0.6 is 0 Å². The summed E-state index contributed by atoms with van der Waals surface area (Å²) in [5, 5.41) is 9.67. The highest BCUT2D eigenvalue weighted by Gasteiger charge is 2.41. The van der Waals surface area contributed by atoms with Crippen molar-refractivity contribution in [1.29, 1.82) is 0 Å². The molecule has 1 rings (SSSR count). The van der Waals surface area contributed by atoms with Crippen molar-refractivity contribution in [2.24, 2.45) is 0 Å². The molecule has 5 heteroatoms. The standard InChI is InChI=1S/C5H13BN2O2/c1-7-3-4-8(2)5(7,9)10-6/h9H,3-4,6H2,1-2H3. The summed E-state index contributed by atoms with van der Waals surface area (Å²) in [6.45, 7) is 1.67. The van der Waals surface area contributed by atoms with Crippen molar-refractivity contribution < 1.29 is 9.76 Å². The lowest BCUT2D eigenvalue weighted by molar-refractivity contribution is -0.286. The van der Waals surface area contributed by atoms with E-state index < -0.39 is 6.03 Å². The molecule has 0 radical (unpaired) electrons. The molecule has 0 unspecified atom stereocenters. The summed E-state index contributed by atoms with van der Waals surface area (Å²) in [5.74, 6) is 0. The molecule has 1 aliphatic rings. The fourth-order valence-corrected chi connectivity index (χ4v) is 1.19. The Balaban J connectivity index is 2.70. The molecular weight excluding hydrogens is 131 g/mol. The first-order chi connectivity index (χ1) is 4.61. The van der Waals surface area contributed by atoms with Gasteiger partial charge in [0.05, 0.1) is 0 Å². The molecule has 1 heterocycles. The van der Waals surface area contributed by atoms with E-state index in [4.69, 9.17) is 4.65 Å². The van der Waals surface area contributed by atoms with Crippen molar-refractivity contribution in [3.05, 3.63) is 0 Å². The second kappa shape index (κ2) is 2.50. The topological polar surface area (TPSA) is 35.9 Å². The van der Waals surface area contributed by atoms with Gasteiger partial charge in [0.25, 0.3) is 14.1 Å². The van der Waals surface area contributed by atoms with Crippen molar-refractivity contribution in [3.63, 3.8) is 0 Å². The van der Waals surface area contributed by atoms with Crippen LogP contribution in [0.2, 0.25) is 0 Å². The summed E-state index contributed by atoms with van der Waals surface area (Å²) in [4.78, 5) is 3.51. The van der Waals surface area contributed by atoms with E-state index in [1.54, 1.807) is 9.80 Å². The van der Waals surface area contributed by atoms with Crippen LogP contribution in [0, 0.1) is 0 Å². The highest BCUT2D eigenvalue weighted by atomic mass is 16.6. The van der Waals surface area contributed by atoms with Gasteiger partial charge in [-0.15, -0.1) is 0 Å². The van der Waals surface area contributed by atoms with Crippen molar-refractivity contribution in [3.8, 4) is 0 Å². The third-order valence-electron chi connectivity index (χ3n) is 2.04. The van der Waals surface area contributed by atoms with Crippen molar-refractivity contribution >= 4 is 8.05 Å². The third kappa shape index (κ3) is 0.951. The van der Waals surface area contributed by atoms with E-state index in [0.29, 0.717) is 0 Å². The molecule has 1 aliphatic heterocycles. The van der Waals surface area contributed by atoms with Gasteiger partial charge in [-0.3, -0.25) is 0 Å². The predicted octanol–water partition coefficient (Wildman–Crippen LogP) is -1.97. The quantitative estimate of drug-likeness (QED) is 0.342. The predicted molar refractivity (Wildman–Crippen MR) is 39.8 cm³/mol. The minimum Gasteiger partial charge on any atom is -0.394 e. The Bertz CT molecular complexity index is 123. The zero-order chi connectivity index (χ0) is 7.78. The summed E-state index contributed by atoms with van der Waals surface area (Å²) in [6, 6.07) is -1.18. The summed E-state index contributed by atoms with van der Waals surface area (Å²) >= 11 is 0. The monoisotopic (exact) mass is 144 g/mol. The highest BCUT2D eigenvalue weighted by Crippen LogP contribution is 2.19. The first-order valence-corrected chi connectivity index (χ1v) is 3.31. The second-order valence-electron chi connectivity index (χ2n) is 2.62. The Morgan fingerprint density at radius 3 is 2.00 bits per heavy atom. The van der Waals surface area contributed by atoms with Gasteiger partial charge in [0, 0.05) is 13.1 Å². The van der Waals surface area contributed by atoms with Gasteiger partial charge in [-0.05, 0) is 14.1 Å². The Morgan fingerprint density at radius 2 is 1.80 bits per heavy atom. The van der Waals surface area contributed by atoms with Gasteiger partial charge >= 0.3 is 0 Å². The molecule has 58 valence electrons. The maximum absolute atomic E-state index is 9.67. The van der Waals surface area contributed by atoms with Crippen molar-refractivity contribution in [2.45, 2.75) is 6.03 Å².